The third-order valence-electron chi connectivity index (χ3n) is 3.09. The third-order valence-corrected chi connectivity index (χ3v) is 3.48. The van der Waals surface area contributed by atoms with Gasteiger partial charge in [0, 0.05) is 5.75 Å². The van der Waals surface area contributed by atoms with Crippen LogP contribution in [0.2, 0.25) is 0 Å². The molecule has 162 valence electrons. The Labute approximate surface area is 165 Å². The first-order valence-corrected chi connectivity index (χ1v) is 9.14. The summed E-state index contributed by atoms with van der Waals surface area (Å²) in [6.07, 6.45) is 4.33. The monoisotopic (exact) mass is 413 g/mol. The van der Waals surface area contributed by atoms with E-state index in [1.807, 2.05) is 0 Å². The average molecular weight is 414 g/mol. The molecule has 12 heteroatoms. The van der Waals surface area contributed by atoms with Crippen LogP contribution >= 0.6 is 12.6 Å². The number of hydrogen-bond donors (Lipinski definition) is 9. The van der Waals surface area contributed by atoms with Gasteiger partial charge in [-0.05, 0) is 38.8 Å². The lowest BCUT2D eigenvalue weighted by molar-refractivity contribution is -0.139. The number of aliphatic carboxylic acids is 3. The molecule has 0 saturated heterocycles. The fourth-order valence-electron chi connectivity index (χ4n) is 1.34. The van der Waals surface area contributed by atoms with Crippen molar-refractivity contribution in [1.82, 2.24) is 0 Å². The molecule has 0 aromatic heterocycles. The lowest BCUT2D eigenvalue weighted by Crippen LogP contribution is -2.31. The van der Waals surface area contributed by atoms with Gasteiger partial charge in [0.1, 0.15) is 18.1 Å². The van der Waals surface area contributed by atoms with Crippen molar-refractivity contribution in [2.45, 2.75) is 56.7 Å². The zero-order chi connectivity index (χ0) is 21.8. The smallest absolute Gasteiger partial charge is 0.321 e. The van der Waals surface area contributed by atoms with Crippen molar-refractivity contribution in [3.05, 3.63) is 0 Å². The number of rotatable bonds is 12. The normalized spacial score (nSPS) is 13.1. The topological polar surface area (TPSA) is 242 Å². The summed E-state index contributed by atoms with van der Waals surface area (Å²) in [6, 6.07) is -2.25. The zero-order valence-electron chi connectivity index (χ0n) is 15.5. The van der Waals surface area contributed by atoms with E-state index in [0.29, 0.717) is 25.9 Å². The van der Waals surface area contributed by atoms with Crippen LogP contribution in [0.3, 0.4) is 0 Å². The highest BCUT2D eigenvalue weighted by atomic mass is 32.1. The number of carboxylic acids is 3. The quantitative estimate of drug-likeness (QED) is 0.130. The summed E-state index contributed by atoms with van der Waals surface area (Å²) < 4.78 is 0. The predicted octanol–water partition coefficient (Wildman–Crippen LogP) is -1.62. The molecule has 27 heavy (non-hydrogen) atoms. The molecule has 13 N–H and O–H groups in total. The Morgan fingerprint density at radius 2 is 0.963 bits per heavy atom. The summed E-state index contributed by atoms with van der Waals surface area (Å²) in [6.45, 7) is 1.21. The average Bonchev–Trinajstić information content (AvgIpc) is 2.61. The number of unbranched alkanes of at least 4 members (excludes halogenated alkanes) is 2. The summed E-state index contributed by atoms with van der Waals surface area (Å²) in [7, 11) is 0. The first kappa shape index (κ1) is 30.3. The molecule has 0 aromatic carbocycles. The molecule has 0 aliphatic heterocycles. The Morgan fingerprint density at radius 3 is 1.11 bits per heavy atom. The van der Waals surface area contributed by atoms with E-state index in [4.69, 9.17) is 44.0 Å². The fraction of sp³-hybridized carbons (Fsp3) is 0.800. The zero-order valence-corrected chi connectivity index (χ0v) is 16.4. The van der Waals surface area contributed by atoms with Gasteiger partial charge in [-0.15, -0.1) is 0 Å². The minimum atomic E-state index is -1.00. The minimum Gasteiger partial charge on any atom is -0.480 e. The van der Waals surface area contributed by atoms with Gasteiger partial charge >= 0.3 is 17.9 Å². The van der Waals surface area contributed by atoms with E-state index in [1.165, 1.54) is 0 Å². The Kier molecular flexibility index (Phi) is 23.4. The van der Waals surface area contributed by atoms with E-state index >= 15 is 0 Å². The maximum atomic E-state index is 10.1. The molecule has 0 saturated carbocycles. The van der Waals surface area contributed by atoms with Gasteiger partial charge in [0.05, 0.1) is 0 Å². The summed E-state index contributed by atoms with van der Waals surface area (Å²) >= 11 is 3.65. The van der Waals surface area contributed by atoms with Crippen LogP contribution in [0.4, 0.5) is 0 Å². The SMILES string of the molecule is NC(CS)C(=O)O.NCCCCC(N)C(=O)O.NCCCCC(N)C(=O)O. The van der Waals surface area contributed by atoms with E-state index in [1.54, 1.807) is 0 Å². The lowest BCUT2D eigenvalue weighted by atomic mass is 10.1. The van der Waals surface area contributed by atoms with Gasteiger partial charge in [-0.1, -0.05) is 12.8 Å². The van der Waals surface area contributed by atoms with Gasteiger partial charge in [0.15, 0.2) is 0 Å². The van der Waals surface area contributed by atoms with Crippen LogP contribution in [0.25, 0.3) is 0 Å². The van der Waals surface area contributed by atoms with Crippen LogP contribution in [0.1, 0.15) is 38.5 Å². The van der Waals surface area contributed by atoms with E-state index in [0.717, 1.165) is 25.7 Å². The molecule has 3 unspecified atom stereocenters. The van der Waals surface area contributed by atoms with Gasteiger partial charge in [0.25, 0.3) is 0 Å². The third kappa shape index (κ3) is 24.6. The van der Waals surface area contributed by atoms with Crippen molar-refractivity contribution in [1.29, 1.82) is 0 Å². The molecule has 0 aliphatic rings. The highest BCUT2D eigenvalue weighted by Crippen LogP contribution is 1.97. The molecular formula is C15H35N5O6S. The van der Waals surface area contributed by atoms with E-state index in [9.17, 15) is 14.4 Å². The molecular weight excluding hydrogens is 378 g/mol. The second kappa shape index (κ2) is 20.9. The summed E-state index contributed by atoms with van der Waals surface area (Å²) in [5.41, 5.74) is 25.8. The number of nitrogens with two attached hydrogens (primary N) is 5. The molecule has 0 heterocycles. The molecule has 0 aliphatic carbocycles. The van der Waals surface area contributed by atoms with Crippen LogP contribution in [0.5, 0.6) is 0 Å². The summed E-state index contributed by atoms with van der Waals surface area (Å²) in [4.78, 5) is 30.0. The van der Waals surface area contributed by atoms with Crippen LogP contribution in [-0.4, -0.2) is 70.2 Å². The van der Waals surface area contributed by atoms with Crippen molar-refractivity contribution < 1.29 is 29.7 Å². The maximum absolute atomic E-state index is 10.1. The van der Waals surface area contributed by atoms with E-state index in [2.05, 4.69) is 12.6 Å². The Morgan fingerprint density at radius 1 is 0.667 bits per heavy atom. The number of carboxylic acid groups (broad SMARTS) is 3. The molecule has 0 spiro atoms. The lowest BCUT2D eigenvalue weighted by Gasteiger charge is -2.03. The van der Waals surface area contributed by atoms with Crippen molar-refractivity contribution >= 4 is 30.5 Å². The number of hydrogen-bond acceptors (Lipinski definition) is 9. The van der Waals surface area contributed by atoms with Crippen molar-refractivity contribution in [2.24, 2.45) is 28.7 Å². The molecule has 0 radical (unpaired) electrons. The van der Waals surface area contributed by atoms with Gasteiger partial charge in [-0.25, -0.2) is 0 Å². The number of carbonyl (C=O) groups is 3. The number of thiol groups is 1. The molecule has 11 nitrogen and oxygen atoms in total. The van der Waals surface area contributed by atoms with Gasteiger partial charge in [-0.2, -0.15) is 12.6 Å². The van der Waals surface area contributed by atoms with Crippen LogP contribution in [0.15, 0.2) is 0 Å². The van der Waals surface area contributed by atoms with Crippen molar-refractivity contribution in [3.8, 4) is 0 Å². The molecule has 0 rings (SSSR count). The maximum Gasteiger partial charge on any atom is 0.321 e. The Bertz CT molecular complexity index is 377. The molecule has 0 aromatic rings. The predicted molar refractivity (Wildman–Crippen MR) is 106 cm³/mol. The van der Waals surface area contributed by atoms with E-state index in [-0.39, 0.29) is 5.75 Å². The Hall–Kier alpha value is -1.44. The van der Waals surface area contributed by atoms with Gasteiger partial charge in [0.2, 0.25) is 0 Å². The molecule has 0 bridgehead atoms. The van der Waals surface area contributed by atoms with Gasteiger partial charge < -0.3 is 44.0 Å². The largest absolute Gasteiger partial charge is 0.480 e. The fourth-order valence-corrected chi connectivity index (χ4v) is 1.50. The van der Waals surface area contributed by atoms with Gasteiger partial charge in [-0.3, -0.25) is 14.4 Å². The highest BCUT2D eigenvalue weighted by molar-refractivity contribution is 7.80. The second-order valence-electron chi connectivity index (χ2n) is 5.59. The van der Waals surface area contributed by atoms with Crippen molar-refractivity contribution in [2.75, 3.05) is 18.8 Å². The molecule has 0 fully saturated rings. The molecule has 0 amide bonds. The first-order chi connectivity index (χ1) is 12.5. The van der Waals surface area contributed by atoms with Crippen LogP contribution < -0.4 is 28.7 Å². The Balaban J connectivity index is -0.000000326. The van der Waals surface area contributed by atoms with Crippen LogP contribution in [0, 0.1) is 0 Å². The summed E-state index contributed by atoms with van der Waals surface area (Å²) in [5.74, 6) is -2.68. The van der Waals surface area contributed by atoms with Crippen molar-refractivity contribution in [3.63, 3.8) is 0 Å². The first-order valence-electron chi connectivity index (χ1n) is 8.51. The van der Waals surface area contributed by atoms with E-state index < -0.39 is 36.0 Å². The van der Waals surface area contributed by atoms with Crippen LogP contribution in [-0.2, 0) is 14.4 Å². The minimum absolute atomic E-state index is 0.190. The highest BCUT2D eigenvalue weighted by Gasteiger charge is 2.10. The summed E-state index contributed by atoms with van der Waals surface area (Å²) in [5, 5.41) is 24.7. The standard InChI is InChI=1S/2C6H14N2O2.C3H7NO2S/c2*7-4-2-1-3-5(8)6(9)10;4-2(1-7)3(5)6/h2*5H,1-4,7-8H2,(H,9,10);2,7H,1,4H2,(H,5,6). The molecule has 3 atom stereocenters. The second-order valence-corrected chi connectivity index (χ2v) is 5.95.